The van der Waals surface area contributed by atoms with Gasteiger partial charge in [0.15, 0.2) is 0 Å². The lowest BCUT2D eigenvalue weighted by Crippen LogP contribution is -2.19. The Morgan fingerprint density at radius 2 is 1.71 bits per heavy atom. The molecule has 14 heavy (non-hydrogen) atoms. The van der Waals surface area contributed by atoms with Crippen LogP contribution in [-0.2, 0) is 6.54 Å². The third-order valence-corrected chi connectivity index (χ3v) is 2.55. The van der Waals surface area contributed by atoms with Gasteiger partial charge in [0.2, 0.25) is 0 Å². The molecule has 0 unspecified atom stereocenters. The Bertz CT molecular complexity index is 276. The number of aryl methyl sites for hydroxylation is 2. The monoisotopic (exact) mass is 255 g/mol. The molecule has 0 N–H and O–H groups in total. The highest BCUT2D eigenvalue weighted by Crippen LogP contribution is 2.10. The Morgan fingerprint density at radius 3 is 2.21 bits per heavy atom. The standard InChI is InChI=1S/C12H18BrN/c1-10-6-11(2)8-12(7-10)9-14(3)5-4-13/h6-8H,4-5,9H2,1-3H3. The molecule has 0 saturated carbocycles. The number of hydrogen-bond donors (Lipinski definition) is 0. The van der Waals surface area contributed by atoms with Crippen LogP contribution in [0.1, 0.15) is 16.7 Å². The van der Waals surface area contributed by atoms with E-state index in [1.807, 2.05) is 0 Å². The summed E-state index contributed by atoms with van der Waals surface area (Å²) in [5.41, 5.74) is 4.12. The number of halogens is 1. The highest BCUT2D eigenvalue weighted by Gasteiger charge is 2.00. The third kappa shape index (κ3) is 3.81. The van der Waals surface area contributed by atoms with Crippen LogP contribution in [0.3, 0.4) is 0 Å². The van der Waals surface area contributed by atoms with Gasteiger partial charge >= 0.3 is 0 Å². The maximum Gasteiger partial charge on any atom is 0.0231 e. The lowest BCUT2D eigenvalue weighted by molar-refractivity contribution is 0.349. The SMILES string of the molecule is Cc1cc(C)cc(CN(C)CCBr)c1. The summed E-state index contributed by atoms with van der Waals surface area (Å²) in [4.78, 5) is 2.32. The molecular formula is C12H18BrN. The van der Waals surface area contributed by atoms with Gasteiger partial charge in [-0.1, -0.05) is 45.3 Å². The van der Waals surface area contributed by atoms with E-state index in [0.717, 1.165) is 18.4 Å². The van der Waals surface area contributed by atoms with Crippen LogP contribution < -0.4 is 0 Å². The van der Waals surface area contributed by atoms with Gasteiger partial charge in [0.25, 0.3) is 0 Å². The topological polar surface area (TPSA) is 3.24 Å². The summed E-state index contributed by atoms with van der Waals surface area (Å²) in [5, 5.41) is 1.04. The fourth-order valence-electron chi connectivity index (χ4n) is 1.70. The molecule has 78 valence electrons. The molecule has 0 bridgehead atoms. The molecule has 0 aliphatic carbocycles. The van der Waals surface area contributed by atoms with Gasteiger partial charge < -0.3 is 4.90 Å². The lowest BCUT2D eigenvalue weighted by Gasteiger charge is -2.15. The largest absolute Gasteiger partial charge is 0.301 e. The highest BCUT2D eigenvalue weighted by molar-refractivity contribution is 9.09. The number of alkyl halides is 1. The number of benzene rings is 1. The van der Waals surface area contributed by atoms with Crippen LogP contribution in [0.15, 0.2) is 18.2 Å². The first-order valence-corrected chi connectivity index (χ1v) is 6.05. The predicted octanol–water partition coefficient (Wildman–Crippen LogP) is 3.13. The van der Waals surface area contributed by atoms with Crippen molar-refractivity contribution in [3.8, 4) is 0 Å². The minimum absolute atomic E-state index is 1.04. The van der Waals surface area contributed by atoms with Gasteiger partial charge in [-0.05, 0) is 26.5 Å². The Morgan fingerprint density at radius 1 is 1.14 bits per heavy atom. The van der Waals surface area contributed by atoms with Gasteiger partial charge in [0.05, 0.1) is 0 Å². The van der Waals surface area contributed by atoms with E-state index >= 15 is 0 Å². The molecule has 0 aliphatic heterocycles. The number of rotatable bonds is 4. The van der Waals surface area contributed by atoms with Crippen LogP contribution in [0.4, 0.5) is 0 Å². The van der Waals surface area contributed by atoms with Gasteiger partial charge in [0.1, 0.15) is 0 Å². The molecule has 2 heteroatoms. The molecule has 1 nitrogen and oxygen atoms in total. The number of nitrogens with zero attached hydrogens (tertiary/aromatic N) is 1. The average Bonchev–Trinajstić information content (AvgIpc) is 2.01. The minimum Gasteiger partial charge on any atom is -0.301 e. The highest BCUT2D eigenvalue weighted by atomic mass is 79.9. The van der Waals surface area contributed by atoms with Gasteiger partial charge in [0, 0.05) is 18.4 Å². The second kappa shape index (κ2) is 5.52. The molecule has 0 radical (unpaired) electrons. The van der Waals surface area contributed by atoms with E-state index in [9.17, 15) is 0 Å². The fourth-order valence-corrected chi connectivity index (χ4v) is 2.30. The second-order valence-electron chi connectivity index (χ2n) is 3.92. The van der Waals surface area contributed by atoms with Crippen LogP contribution in [0.5, 0.6) is 0 Å². The van der Waals surface area contributed by atoms with Crippen LogP contribution in [0, 0.1) is 13.8 Å². The minimum atomic E-state index is 1.04. The maximum atomic E-state index is 3.45. The first kappa shape index (κ1) is 11.7. The van der Waals surface area contributed by atoms with Crippen LogP contribution in [-0.4, -0.2) is 23.8 Å². The Kier molecular flexibility index (Phi) is 4.63. The zero-order valence-corrected chi connectivity index (χ0v) is 10.8. The van der Waals surface area contributed by atoms with Crippen molar-refractivity contribution in [2.75, 3.05) is 18.9 Å². The van der Waals surface area contributed by atoms with Gasteiger partial charge in [-0.2, -0.15) is 0 Å². The summed E-state index contributed by atoms with van der Waals surface area (Å²) in [6.07, 6.45) is 0. The normalized spacial score (nSPS) is 10.9. The molecule has 0 amide bonds. The zero-order chi connectivity index (χ0) is 10.6. The van der Waals surface area contributed by atoms with Crippen molar-refractivity contribution in [3.63, 3.8) is 0 Å². The first-order valence-electron chi connectivity index (χ1n) is 4.93. The van der Waals surface area contributed by atoms with E-state index in [4.69, 9.17) is 0 Å². The van der Waals surface area contributed by atoms with Gasteiger partial charge in [-0.3, -0.25) is 0 Å². The molecule has 0 saturated heterocycles. The van der Waals surface area contributed by atoms with Crippen molar-refractivity contribution < 1.29 is 0 Å². The smallest absolute Gasteiger partial charge is 0.0231 e. The number of hydrogen-bond acceptors (Lipinski definition) is 1. The maximum absolute atomic E-state index is 3.45. The van der Waals surface area contributed by atoms with E-state index in [2.05, 4.69) is 59.9 Å². The second-order valence-corrected chi connectivity index (χ2v) is 4.72. The molecule has 0 fully saturated rings. The van der Waals surface area contributed by atoms with Gasteiger partial charge in [-0.15, -0.1) is 0 Å². The van der Waals surface area contributed by atoms with E-state index < -0.39 is 0 Å². The van der Waals surface area contributed by atoms with Crippen molar-refractivity contribution >= 4 is 15.9 Å². The zero-order valence-electron chi connectivity index (χ0n) is 9.18. The molecule has 1 aromatic rings. The summed E-state index contributed by atoms with van der Waals surface area (Å²) in [7, 11) is 2.15. The van der Waals surface area contributed by atoms with E-state index in [0.29, 0.717) is 0 Å². The summed E-state index contributed by atoms with van der Waals surface area (Å²) in [6, 6.07) is 6.74. The van der Waals surface area contributed by atoms with Crippen molar-refractivity contribution in [1.29, 1.82) is 0 Å². The predicted molar refractivity (Wildman–Crippen MR) is 66.0 cm³/mol. The van der Waals surface area contributed by atoms with Crippen molar-refractivity contribution in [2.24, 2.45) is 0 Å². The van der Waals surface area contributed by atoms with E-state index in [1.165, 1.54) is 16.7 Å². The van der Waals surface area contributed by atoms with E-state index in [1.54, 1.807) is 0 Å². The summed E-state index contributed by atoms with van der Waals surface area (Å²) in [6.45, 7) is 6.43. The average molecular weight is 256 g/mol. The quantitative estimate of drug-likeness (QED) is 0.748. The first-order chi connectivity index (χ1) is 6.61. The Balaban J connectivity index is 2.66. The Labute approximate surface area is 95.2 Å². The fraction of sp³-hybridized carbons (Fsp3) is 0.500. The van der Waals surface area contributed by atoms with Crippen molar-refractivity contribution in [1.82, 2.24) is 4.90 Å². The molecule has 0 aromatic heterocycles. The van der Waals surface area contributed by atoms with Crippen LogP contribution in [0.2, 0.25) is 0 Å². The lowest BCUT2D eigenvalue weighted by atomic mass is 10.1. The molecule has 0 spiro atoms. The molecule has 0 aliphatic rings. The van der Waals surface area contributed by atoms with Crippen LogP contribution in [0.25, 0.3) is 0 Å². The van der Waals surface area contributed by atoms with Gasteiger partial charge in [-0.25, -0.2) is 0 Å². The molecular weight excluding hydrogens is 238 g/mol. The summed E-state index contributed by atoms with van der Waals surface area (Å²) >= 11 is 3.45. The third-order valence-electron chi connectivity index (χ3n) is 2.20. The summed E-state index contributed by atoms with van der Waals surface area (Å²) in [5.74, 6) is 0. The Hall–Kier alpha value is -0.340. The van der Waals surface area contributed by atoms with Crippen LogP contribution >= 0.6 is 15.9 Å². The summed E-state index contributed by atoms with van der Waals surface area (Å²) < 4.78 is 0. The molecule has 0 atom stereocenters. The molecule has 1 aromatic carbocycles. The molecule has 0 heterocycles. The molecule has 1 rings (SSSR count). The van der Waals surface area contributed by atoms with Crippen molar-refractivity contribution in [3.05, 3.63) is 34.9 Å². The van der Waals surface area contributed by atoms with Crippen molar-refractivity contribution in [2.45, 2.75) is 20.4 Å². The van der Waals surface area contributed by atoms with E-state index in [-0.39, 0.29) is 0 Å².